The van der Waals surface area contributed by atoms with Crippen molar-refractivity contribution in [1.82, 2.24) is 4.31 Å². The molecule has 0 saturated carbocycles. The number of hydrogen-bond acceptors (Lipinski definition) is 4. The molecule has 1 fully saturated rings. The Labute approximate surface area is 166 Å². The molecule has 2 aliphatic heterocycles. The standard InChI is InChI=1S/C21H25N3O3S/c1-14-10-15(2)21(16(3)11-14)23-6-8-24(9-7-23)28(26,27)18-4-5-19-17(12-18)13-20(25)22-19/h4-5,10-12H,6-9,13H2,1-3H3,(H,22,25). The molecule has 0 atom stereocenters. The molecular weight excluding hydrogens is 374 g/mol. The van der Waals surface area contributed by atoms with Gasteiger partial charge in [-0.3, -0.25) is 4.79 Å². The van der Waals surface area contributed by atoms with Crippen molar-refractivity contribution in [3.05, 3.63) is 52.6 Å². The van der Waals surface area contributed by atoms with Crippen molar-refractivity contribution in [2.24, 2.45) is 0 Å². The van der Waals surface area contributed by atoms with Crippen LogP contribution in [0.2, 0.25) is 0 Å². The molecule has 2 aliphatic rings. The van der Waals surface area contributed by atoms with Gasteiger partial charge in [0.2, 0.25) is 15.9 Å². The van der Waals surface area contributed by atoms with Crippen LogP contribution in [0.1, 0.15) is 22.3 Å². The summed E-state index contributed by atoms with van der Waals surface area (Å²) >= 11 is 0. The highest BCUT2D eigenvalue weighted by atomic mass is 32.2. The van der Waals surface area contributed by atoms with Crippen molar-refractivity contribution in [2.75, 3.05) is 36.4 Å². The van der Waals surface area contributed by atoms with E-state index in [0.717, 1.165) is 5.56 Å². The number of sulfonamides is 1. The summed E-state index contributed by atoms with van der Waals surface area (Å²) in [6.07, 6.45) is 0.235. The molecule has 1 amide bonds. The molecule has 0 radical (unpaired) electrons. The van der Waals surface area contributed by atoms with E-state index < -0.39 is 10.0 Å². The Morgan fingerprint density at radius 2 is 1.57 bits per heavy atom. The van der Waals surface area contributed by atoms with Crippen LogP contribution < -0.4 is 10.2 Å². The molecule has 6 nitrogen and oxygen atoms in total. The Hall–Kier alpha value is -2.38. The number of rotatable bonds is 3. The van der Waals surface area contributed by atoms with Gasteiger partial charge in [0.25, 0.3) is 0 Å². The van der Waals surface area contributed by atoms with Crippen LogP contribution in [0.25, 0.3) is 0 Å². The molecule has 2 aromatic carbocycles. The summed E-state index contributed by atoms with van der Waals surface area (Å²) in [5.41, 5.74) is 6.36. The molecule has 1 saturated heterocycles. The van der Waals surface area contributed by atoms with E-state index in [1.54, 1.807) is 22.5 Å². The predicted octanol–water partition coefficient (Wildman–Crippen LogP) is 2.62. The van der Waals surface area contributed by atoms with Gasteiger partial charge in [-0.2, -0.15) is 4.31 Å². The highest BCUT2D eigenvalue weighted by Crippen LogP contribution is 2.30. The zero-order valence-electron chi connectivity index (χ0n) is 16.4. The summed E-state index contributed by atoms with van der Waals surface area (Å²) in [5.74, 6) is -0.0954. The van der Waals surface area contributed by atoms with E-state index in [-0.39, 0.29) is 17.2 Å². The van der Waals surface area contributed by atoms with E-state index in [4.69, 9.17) is 0 Å². The lowest BCUT2D eigenvalue weighted by Gasteiger charge is -2.37. The fourth-order valence-electron chi connectivity index (χ4n) is 4.34. The number of fused-ring (bicyclic) bond motifs is 1. The largest absolute Gasteiger partial charge is 0.368 e. The van der Waals surface area contributed by atoms with Gasteiger partial charge in [0.15, 0.2) is 0 Å². The number of benzene rings is 2. The van der Waals surface area contributed by atoms with E-state index in [0.29, 0.717) is 31.9 Å². The molecule has 2 heterocycles. The fourth-order valence-corrected chi connectivity index (χ4v) is 5.81. The lowest BCUT2D eigenvalue weighted by Crippen LogP contribution is -2.49. The first-order chi connectivity index (χ1) is 13.3. The number of nitrogens with one attached hydrogen (secondary N) is 1. The molecule has 0 aromatic heterocycles. The monoisotopic (exact) mass is 399 g/mol. The van der Waals surface area contributed by atoms with Crippen LogP contribution in [-0.4, -0.2) is 44.8 Å². The summed E-state index contributed by atoms with van der Waals surface area (Å²) in [5, 5.41) is 2.74. The molecule has 0 spiro atoms. The molecule has 1 N–H and O–H groups in total. The lowest BCUT2D eigenvalue weighted by atomic mass is 10.0. The SMILES string of the molecule is Cc1cc(C)c(N2CCN(S(=O)(=O)c3ccc4c(c3)CC(=O)N4)CC2)c(C)c1. The van der Waals surface area contributed by atoms with Gasteiger partial charge < -0.3 is 10.2 Å². The van der Waals surface area contributed by atoms with Crippen molar-refractivity contribution in [3.63, 3.8) is 0 Å². The van der Waals surface area contributed by atoms with Gasteiger partial charge in [-0.25, -0.2) is 8.42 Å². The number of amides is 1. The summed E-state index contributed by atoms with van der Waals surface area (Å²) in [4.78, 5) is 14.1. The maximum atomic E-state index is 13.1. The van der Waals surface area contributed by atoms with E-state index >= 15 is 0 Å². The Kier molecular flexibility index (Phi) is 4.67. The van der Waals surface area contributed by atoms with Crippen molar-refractivity contribution in [2.45, 2.75) is 32.1 Å². The summed E-state index contributed by atoms with van der Waals surface area (Å²) < 4.78 is 27.7. The summed E-state index contributed by atoms with van der Waals surface area (Å²) in [6.45, 7) is 8.53. The van der Waals surface area contributed by atoms with Crippen LogP contribution in [0.3, 0.4) is 0 Å². The van der Waals surface area contributed by atoms with E-state index in [2.05, 4.69) is 43.1 Å². The second kappa shape index (κ2) is 6.90. The first kappa shape index (κ1) is 19.0. The number of piperazine rings is 1. The van der Waals surface area contributed by atoms with Crippen molar-refractivity contribution in [3.8, 4) is 0 Å². The van der Waals surface area contributed by atoms with Crippen LogP contribution in [0.5, 0.6) is 0 Å². The van der Waals surface area contributed by atoms with Gasteiger partial charge in [0.05, 0.1) is 11.3 Å². The Morgan fingerprint density at radius 3 is 2.21 bits per heavy atom. The van der Waals surface area contributed by atoms with E-state index in [1.807, 2.05) is 0 Å². The van der Waals surface area contributed by atoms with Crippen LogP contribution in [0.4, 0.5) is 11.4 Å². The first-order valence-corrected chi connectivity index (χ1v) is 11.0. The Balaban J connectivity index is 1.52. The molecule has 0 unspecified atom stereocenters. The summed E-state index contributed by atoms with van der Waals surface area (Å²) in [7, 11) is -3.57. The van der Waals surface area contributed by atoms with Crippen molar-refractivity contribution < 1.29 is 13.2 Å². The van der Waals surface area contributed by atoms with Crippen molar-refractivity contribution >= 4 is 27.3 Å². The average Bonchev–Trinajstić information content (AvgIpc) is 3.00. The number of nitrogens with zero attached hydrogens (tertiary/aromatic N) is 2. The van der Waals surface area contributed by atoms with Crippen LogP contribution in [0.15, 0.2) is 35.2 Å². The number of carbonyl (C=O) groups is 1. The normalized spacial score (nSPS) is 17.5. The minimum Gasteiger partial charge on any atom is -0.368 e. The van der Waals surface area contributed by atoms with Gasteiger partial charge in [0, 0.05) is 37.6 Å². The Bertz CT molecular complexity index is 1030. The fraction of sp³-hybridized carbons (Fsp3) is 0.381. The van der Waals surface area contributed by atoms with Gasteiger partial charge in [-0.15, -0.1) is 0 Å². The molecule has 4 rings (SSSR count). The van der Waals surface area contributed by atoms with Gasteiger partial charge in [-0.1, -0.05) is 17.7 Å². The highest BCUT2D eigenvalue weighted by molar-refractivity contribution is 7.89. The third-order valence-corrected chi connectivity index (χ3v) is 7.42. The number of aryl methyl sites for hydroxylation is 3. The third kappa shape index (κ3) is 3.29. The number of hydrogen-bond donors (Lipinski definition) is 1. The molecule has 148 valence electrons. The van der Waals surface area contributed by atoms with Crippen LogP contribution in [0, 0.1) is 20.8 Å². The van der Waals surface area contributed by atoms with Crippen LogP contribution in [-0.2, 0) is 21.2 Å². The van der Waals surface area contributed by atoms with Gasteiger partial charge >= 0.3 is 0 Å². The lowest BCUT2D eigenvalue weighted by molar-refractivity contribution is -0.115. The number of anilines is 2. The zero-order valence-corrected chi connectivity index (χ0v) is 17.3. The van der Waals surface area contributed by atoms with E-state index in [1.165, 1.54) is 22.4 Å². The Morgan fingerprint density at radius 1 is 0.929 bits per heavy atom. The third-order valence-electron chi connectivity index (χ3n) is 5.53. The van der Waals surface area contributed by atoms with E-state index in [9.17, 15) is 13.2 Å². The average molecular weight is 400 g/mol. The topological polar surface area (TPSA) is 69.7 Å². The molecule has 28 heavy (non-hydrogen) atoms. The second-order valence-electron chi connectivity index (χ2n) is 7.68. The quantitative estimate of drug-likeness (QED) is 0.861. The molecule has 2 aromatic rings. The molecule has 7 heteroatoms. The zero-order chi connectivity index (χ0) is 20.1. The maximum absolute atomic E-state index is 13.1. The molecular formula is C21H25N3O3S. The minimum absolute atomic E-state index is 0.0954. The maximum Gasteiger partial charge on any atom is 0.243 e. The van der Waals surface area contributed by atoms with Crippen LogP contribution >= 0.6 is 0 Å². The minimum atomic E-state index is -3.57. The second-order valence-corrected chi connectivity index (χ2v) is 9.62. The number of carbonyl (C=O) groups excluding carboxylic acids is 1. The van der Waals surface area contributed by atoms with Crippen molar-refractivity contribution in [1.29, 1.82) is 0 Å². The molecule has 0 bridgehead atoms. The highest BCUT2D eigenvalue weighted by Gasteiger charge is 2.30. The van der Waals surface area contributed by atoms with Gasteiger partial charge in [0.1, 0.15) is 0 Å². The first-order valence-electron chi connectivity index (χ1n) is 9.51. The predicted molar refractivity (Wildman–Crippen MR) is 110 cm³/mol. The smallest absolute Gasteiger partial charge is 0.243 e. The van der Waals surface area contributed by atoms with Gasteiger partial charge in [-0.05, 0) is 55.7 Å². The molecule has 0 aliphatic carbocycles. The summed E-state index contributed by atoms with van der Waals surface area (Å²) in [6, 6.07) is 9.24.